The van der Waals surface area contributed by atoms with Gasteiger partial charge in [0.05, 0.1) is 18.9 Å². The van der Waals surface area contributed by atoms with E-state index in [0.717, 1.165) is 51.8 Å². The molecule has 0 saturated carbocycles. The summed E-state index contributed by atoms with van der Waals surface area (Å²) in [6.45, 7) is 9.76. The van der Waals surface area contributed by atoms with Gasteiger partial charge in [0.2, 0.25) is 17.6 Å². The molecule has 3 atom stereocenters. The fraction of sp³-hybridized carbons (Fsp3) is 0.375. The number of ether oxygens (including phenoxy) is 1. The second-order valence-electron chi connectivity index (χ2n) is 15.4. The first-order valence-electron chi connectivity index (χ1n) is 21.1. The minimum absolute atomic E-state index is 0. The van der Waals surface area contributed by atoms with Gasteiger partial charge in [0.25, 0.3) is 0 Å². The van der Waals surface area contributed by atoms with Crippen LogP contribution in [0, 0.1) is 11.8 Å². The molecule has 19 nitrogen and oxygen atoms in total. The van der Waals surface area contributed by atoms with E-state index in [1.807, 2.05) is 124 Å². The predicted octanol–water partition coefficient (Wildman–Crippen LogP) is -13.4. The predicted molar refractivity (Wildman–Crippen MR) is 261 cm³/mol. The third kappa shape index (κ3) is 30.7. The number of carboxylic acid groups (broad SMARTS) is 2. The molecule has 0 aliphatic carbocycles. The average Bonchev–Trinajstić information content (AvgIpc) is 3.81. The molecule has 0 aliphatic heterocycles. The van der Waals surface area contributed by atoms with Crippen LogP contribution in [0.4, 0.5) is 0 Å². The number of amides is 2. The summed E-state index contributed by atoms with van der Waals surface area (Å²) < 4.78 is 5.07. The van der Waals surface area contributed by atoms with Crippen LogP contribution >= 0.6 is 0 Å². The third-order valence-electron chi connectivity index (χ3n) is 10.2. The summed E-state index contributed by atoms with van der Waals surface area (Å²) in [5.41, 5.74) is 6.91. The van der Waals surface area contributed by atoms with Crippen LogP contribution in [0.1, 0.15) is 92.8 Å². The molecule has 5 aromatic rings. The standard InChI is InChI=1S/C24H29N5O3.C24H29NO5.6Na.5H2O.6H/c1-4-5-10-21(30)29(22(16(2)3)24(31)32)15-17-11-13-18(14-12-17)19-8-6-7-9-20(19)23-25-27-28-26-23;1-3-30-24(29)17(2)15-21(25-22(26)13-14-23(27)28)16-18-9-11-20(12-10-18)19-7-5-4-6-8-19;;;;;;;;;;;;;;;;;/h6-9,11-14,16,22H,4-5,10,15H2,1-3H3,(H,31,32)(H,25,26,27,28);4-12,17,21H,3,13-16H2,1-2H3,(H,25,26)(H,27,28);;;;;;;5*1H2;;;;;;/q;;6*+1;;;;;;6*-1/t22-;17-,21+;;;;;;;;;;;;;;;;;/m01................./s1. The van der Waals surface area contributed by atoms with Crippen LogP contribution in [0.15, 0.2) is 103 Å². The van der Waals surface area contributed by atoms with Crippen LogP contribution in [0.3, 0.4) is 0 Å². The number of nitrogens with zero attached hydrogens (tertiary/aromatic N) is 4. The third-order valence-corrected chi connectivity index (χ3v) is 10.2. The van der Waals surface area contributed by atoms with Crippen molar-refractivity contribution in [2.45, 2.75) is 98.2 Å². The smallest absolute Gasteiger partial charge is 1.00 e. The number of esters is 1. The Labute approximate surface area is 569 Å². The number of carbonyl (C=O) groups is 5. The number of benzene rings is 4. The maximum absolute atomic E-state index is 12.9. The van der Waals surface area contributed by atoms with Crippen molar-refractivity contribution in [2.75, 3.05) is 6.61 Å². The van der Waals surface area contributed by atoms with E-state index in [1.54, 1.807) is 13.8 Å². The van der Waals surface area contributed by atoms with E-state index in [9.17, 15) is 29.1 Å². The Morgan fingerprint density at radius 2 is 1.19 bits per heavy atom. The maximum atomic E-state index is 12.9. The molecule has 1 aromatic heterocycles. The van der Waals surface area contributed by atoms with Crippen molar-refractivity contribution < 1.29 is 252 Å². The van der Waals surface area contributed by atoms with Gasteiger partial charge in [-0.05, 0) is 70.7 Å². The molecule has 380 valence electrons. The molecule has 0 radical (unpaired) electrons. The van der Waals surface area contributed by atoms with E-state index in [0.29, 0.717) is 31.7 Å². The summed E-state index contributed by atoms with van der Waals surface area (Å²) in [5, 5.41) is 35.7. The molecule has 25 heteroatoms. The van der Waals surface area contributed by atoms with Crippen molar-refractivity contribution in [2.24, 2.45) is 11.8 Å². The number of rotatable bonds is 21. The second kappa shape index (κ2) is 48.2. The largest absolute Gasteiger partial charge is 1.00 e. The monoisotopic (exact) mass is 1080 g/mol. The van der Waals surface area contributed by atoms with Crippen LogP contribution in [0.25, 0.3) is 33.6 Å². The molecule has 0 aliphatic rings. The number of tetrazole rings is 1. The molecule has 1 heterocycles. The van der Waals surface area contributed by atoms with Crippen molar-refractivity contribution in [3.8, 4) is 33.6 Å². The van der Waals surface area contributed by atoms with Crippen LogP contribution in [-0.4, -0.2) is 112 Å². The average molecular weight is 1080 g/mol. The summed E-state index contributed by atoms with van der Waals surface area (Å²) in [7, 11) is 0. The Balaban J connectivity index is -0.0000000735. The van der Waals surface area contributed by atoms with Crippen LogP contribution in [-0.2, 0) is 41.7 Å². The van der Waals surface area contributed by atoms with Gasteiger partial charge in [0.1, 0.15) is 6.04 Å². The molecule has 14 N–H and O–H groups in total. The normalized spacial score (nSPS) is 10.4. The zero-order valence-corrected chi connectivity index (χ0v) is 56.6. The zero-order valence-electron chi connectivity index (χ0n) is 50.6. The summed E-state index contributed by atoms with van der Waals surface area (Å²) in [6, 6.07) is 32.5. The number of hydrogen-bond donors (Lipinski definition) is 4. The Morgan fingerprint density at radius 3 is 1.68 bits per heavy atom. The fourth-order valence-corrected chi connectivity index (χ4v) is 7.05. The summed E-state index contributed by atoms with van der Waals surface area (Å²) in [6.07, 6.45) is 2.61. The van der Waals surface area contributed by atoms with Crippen molar-refractivity contribution in [1.29, 1.82) is 0 Å². The first-order chi connectivity index (χ1) is 29.8. The van der Waals surface area contributed by atoms with E-state index in [-0.39, 0.29) is 268 Å². The number of aromatic nitrogens is 4. The van der Waals surface area contributed by atoms with E-state index >= 15 is 0 Å². The number of nitrogens with one attached hydrogen (secondary N) is 2. The number of carbonyl (C=O) groups excluding carboxylic acids is 3. The van der Waals surface area contributed by atoms with Gasteiger partial charge in [-0.2, -0.15) is 5.21 Å². The first-order valence-corrected chi connectivity index (χ1v) is 21.1. The minimum atomic E-state index is -1.02. The zero-order chi connectivity index (χ0) is 45.0. The van der Waals surface area contributed by atoms with Gasteiger partial charge in [-0.25, -0.2) is 4.79 Å². The molecule has 73 heavy (non-hydrogen) atoms. The van der Waals surface area contributed by atoms with Crippen molar-refractivity contribution >= 4 is 29.7 Å². The number of carboxylic acids is 2. The van der Waals surface area contributed by atoms with Crippen LogP contribution in [0.2, 0.25) is 0 Å². The second-order valence-corrected chi connectivity index (χ2v) is 15.4. The SMILES string of the molecule is CCCCC(=O)N(Cc1ccc(-c2ccccc2-c2nn[nH]n2)cc1)[C@H](C(=O)O)C(C)C.CCOC(=O)[C@H](C)C[C@@H](Cc1ccc(-c2ccccc2)cc1)NC(=O)CCC(=O)O.O.O.O.O.O.[H-].[H-].[H-].[H-].[H-].[H-].[Na+].[Na+].[Na+].[Na+].[Na+].[Na+]. The van der Waals surface area contributed by atoms with Crippen molar-refractivity contribution in [3.63, 3.8) is 0 Å². The summed E-state index contributed by atoms with van der Waals surface area (Å²) in [5.74, 6) is -2.81. The Bertz CT molecular complexity index is 2250. The molecule has 0 unspecified atom stereocenters. The Hall–Kier alpha value is -0.900. The van der Waals surface area contributed by atoms with E-state index in [2.05, 4.69) is 25.9 Å². The quantitative estimate of drug-likeness (QED) is 0.0395. The summed E-state index contributed by atoms with van der Waals surface area (Å²) in [4.78, 5) is 61.2. The molecule has 5 rings (SSSR count). The van der Waals surface area contributed by atoms with Gasteiger partial charge in [-0.1, -0.05) is 137 Å². The number of H-pyrrole nitrogens is 1. The molecule has 0 spiro atoms. The van der Waals surface area contributed by atoms with Gasteiger partial charge >= 0.3 is 195 Å². The Kier molecular flexibility index (Phi) is 58.6. The molecular weight excluding hydrogens is 1010 g/mol. The molecule has 0 saturated heterocycles. The van der Waals surface area contributed by atoms with Gasteiger partial charge < -0.3 is 61.1 Å². The van der Waals surface area contributed by atoms with Crippen molar-refractivity contribution in [1.82, 2.24) is 30.8 Å². The first kappa shape index (κ1) is 88.7. The molecule has 0 bridgehead atoms. The number of aliphatic carboxylic acids is 2. The Morgan fingerprint density at radius 1 is 0.671 bits per heavy atom. The maximum Gasteiger partial charge on any atom is 1.00 e. The summed E-state index contributed by atoms with van der Waals surface area (Å²) >= 11 is 0. The van der Waals surface area contributed by atoms with Crippen LogP contribution < -0.4 is 183 Å². The number of unbranched alkanes of at least 4 members (excludes halogenated alkanes) is 1. The van der Waals surface area contributed by atoms with Gasteiger partial charge in [-0.3, -0.25) is 19.2 Å². The van der Waals surface area contributed by atoms with Gasteiger partial charge in [0, 0.05) is 31.0 Å². The topological polar surface area (TPSA) is 362 Å². The van der Waals surface area contributed by atoms with E-state index < -0.39 is 18.0 Å². The van der Waals surface area contributed by atoms with Crippen molar-refractivity contribution in [3.05, 3.63) is 114 Å². The number of aromatic amines is 1. The van der Waals surface area contributed by atoms with Gasteiger partial charge in [-0.15, -0.1) is 10.2 Å². The van der Waals surface area contributed by atoms with E-state index in [1.165, 1.54) is 4.90 Å². The van der Waals surface area contributed by atoms with Crippen LogP contribution in [0.5, 0.6) is 0 Å². The number of hydrogen-bond acceptors (Lipinski definition) is 9. The van der Waals surface area contributed by atoms with Gasteiger partial charge in [0.15, 0.2) is 0 Å². The van der Waals surface area contributed by atoms with E-state index in [4.69, 9.17) is 9.84 Å². The fourth-order valence-electron chi connectivity index (χ4n) is 7.05. The minimum Gasteiger partial charge on any atom is -1.00 e. The molecule has 2 amide bonds. The molecule has 0 fully saturated rings. The molecule has 4 aromatic carbocycles. The molecular formula is C48H74N6Na6O13.